The highest BCUT2D eigenvalue weighted by atomic mass is 32.1. The summed E-state index contributed by atoms with van der Waals surface area (Å²) < 4.78 is 0. The van der Waals surface area contributed by atoms with Crippen molar-refractivity contribution >= 4 is 23.2 Å². The first-order valence-corrected chi connectivity index (χ1v) is 5.33. The molecule has 0 atom stereocenters. The van der Waals surface area contributed by atoms with Gasteiger partial charge in [-0.1, -0.05) is 0 Å². The lowest BCUT2D eigenvalue weighted by Gasteiger charge is -2.07. The summed E-state index contributed by atoms with van der Waals surface area (Å²) >= 11 is 1.21. The van der Waals surface area contributed by atoms with Crippen molar-refractivity contribution in [1.82, 2.24) is 10.7 Å². The predicted octanol–water partition coefficient (Wildman–Crippen LogP) is 0.490. The molecule has 1 heterocycles. The summed E-state index contributed by atoms with van der Waals surface area (Å²) in [4.78, 5) is 23.3. The molecular weight excluding hydrogens is 214 g/mol. The van der Waals surface area contributed by atoms with Gasteiger partial charge in [0.2, 0.25) is 0 Å². The second-order valence-corrected chi connectivity index (χ2v) is 4.18. The molecule has 0 saturated heterocycles. The van der Waals surface area contributed by atoms with Crippen LogP contribution in [0.25, 0.3) is 0 Å². The molecule has 0 aliphatic rings. The van der Waals surface area contributed by atoms with Crippen LogP contribution in [-0.2, 0) is 0 Å². The van der Waals surface area contributed by atoms with Gasteiger partial charge >= 0.3 is 0 Å². The van der Waals surface area contributed by atoms with Crippen LogP contribution in [0.1, 0.15) is 33.9 Å². The van der Waals surface area contributed by atoms with E-state index in [4.69, 9.17) is 5.84 Å². The van der Waals surface area contributed by atoms with Crippen molar-refractivity contribution in [3.05, 3.63) is 21.9 Å². The largest absolute Gasteiger partial charge is 0.349 e. The van der Waals surface area contributed by atoms with Crippen LogP contribution in [0.5, 0.6) is 0 Å². The number of carbonyl (C=O) groups excluding carboxylic acids is 2. The van der Waals surface area contributed by atoms with Crippen molar-refractivity contribution in [1.29, 1.82) is 0 Å². The third-order valence-electron chi connectivity index (χ3n) is 1.67. The van der Waals surface area contributed by atoms with Crippen LogP contribution in [0.4, 0.5) is 0 Å². The van der Waals surface area contributed by atoms with E-state index in [0.29, 0.717) is 10.4 Å². The Hall–Kier alpha value is -1.40. The van der Waals surface area contributed by atoms with Gasteiger partial charge in [0, 0.05) is 6.04 Å². The molecule has 0 spiro atoms. The summed E-state index contributed by atoms with van der Waals surface area (Å²) in [5.74, 6) is 4.30. The fourth-order valence-electron chi connectivity index (χ4n) is 1.07. The van der Waals surface area contributed by atoms with E-state index in [1.807, 2.05) is 19.3 Å². The molecule has 1 aromatic rings. The molecule has 0 saturated carbocycles. The molecule has 2 amide bonds. The first kappa shape index (κ1) is 11.7. The van der Waals surface area contributed by atoms with Gasteiger partial charge in [0.15, 0.2) is 0 Å². The quantitative estimate of drug-likeness (QED) is 0.399. The number of rotatable bonds is 3. The smallest absolute Gasteiger partial charge is 0.266 e. The number of nitrogen functional groups attached to an aromatic ring is 1. The molecule has 0 radical (unpaired) electrons. The Morgan fingerprint density at radius 2 is 2.07 bits per heavy atom. The van der Waals surface area contributed by atoms with Crippen LogP contribution in [0.3, 0.4) is 0 Å². The Bertz CT molecular complexity index is 373. The van der Waals surface area contributed by atoms with Gasteiger partial charge in [-0.25, -0.2) is 5.84 Å². The minimum absolute atomic E-state index is 0.0355. The van der Waals surface area contributed by atoms with Crippen LogP contribution in [0.15, 0.2) is 11.4 Å². The minimum Gasteiger partial charge on any atom is -0.349 e. The summed E-state index contributed by atoms with van der Waals surface area (Å²) in [7, 11) is 0. The highest BCUT2D eigenvalue weighted by molar-refractivity contribution is 7.12. The van der Waals surface area contributed by atoms with Gasteiger partial charge in [0.1, 0.15) is 4.88 Å². The summed E-state index contributed by atoms with van der Waals surface area (Å²) in [6.07, 6.45) is 0. The number of thiophene rings is 1. The third-order valence-corrected chi connectivity index (χ3v) is 2.58. The SMILES string of the molecule is CC(C)NC(=O)c1sccc1C(=O)NN. The van der Waals surface area contributed by atoms with E-state index in [9.17, 15) is 9.59 Å². The van der Waals surface area contributed by atoms with Crippen molar-refractivity contribution in [3.8, 4) is 0 Å². The summed E-state index contributed by atoms with van der Waals surface area (Å²) in [6, 6.07) is 1.61. The Kier molecular flexibility index (Phi) is 3.81. The zero-order valence-corrected chi connectivity index (χ0v) is 9.35. The average molecular weight is 227 g/mol. The van der Waals surface area contributed by atoms with Crippen LogP contribution in [0, 0.1) is 0 Å². The lowest BCUT2D eigenvalue weighted by molar-refractivity contribution is 0.0917. The molecule has 5 nitrogen and oxygen atoms in total. The highest BCUT2D eigenvalue weighted by Crippen LogP contribution is 2.16. The maximum atomic E-state index is 11.6. The van der Waals surface area contributed by atoms with Crippen LogP contribution >= 0.6 is 11.3 Å². The zero-order valence-electron chi connectivity index (χ0n) is 8.53. The maximum Gasteiger partial charge on any atom is 0.266 e. The molecule has 0 aliphatic heterocycles. The molecule has 0 aliphatic carbocycles. The predicted molar refractivity (Wildman–Crippen MR) is 58.6 cm³/mol. The van der Waals surface area contributed by atoms with E-state index in [2.05, 4.69) is 5.32 Å². The lowest BCUT2D eigenvalue weighted by Crippen LogP contribution is -2.34. The summed E-state index contributed by atoms with van der Waals surface area (Å²) in [5.41, 5.74) is 2.31. The fourth-order valence-corrected chi connectivity index (χ4v) is 1.86. The second-order valence-electron chi connectivity index (χ2n) is 3.27. The maximum absolute atomic E-state index is 11.6. The molecule has 6 heteroatoms. The first-order valence-electron chi connectivity index (χ1n) is 4.45. The van der Waals surface area contributed by atoms with Crippen molar-refractivity contribution in [2.45, 2.75) is 19.9 Å². The lowest BCUT2D eigenvalue weighted by atomic mass is 10.2. The molecule has 4 N–H and O–H groups in total. The van der Waals surface area contributed by atoms with Gasteiger partial charge in [-0.2, -0.15) is 0 Å². The van der Waals surface area contributed by atoms with Crippen molar-refractivity contribution < 1.29 is 9.59 Å². The topological polar surface area (TPSA) is 84.2 Å². The van der Waals surface area contributed by atoms with Crippen LogP contribution < -0.4 is 16.6 Å². The Morgan fingerprint density at radius 1 is 1.40 bits per heavy atom. The van der Waals surface area contributed by atoms with E-state index < -0.39 is 5.91 Å². The third kappa shape index (κ3) is 2.77. The zero-order chi connectivity index (χ0) is 11.4. The fraction of sp³-hybridized carbons (Fsp3) is 0.333. The Balaban J connectivity index is 2.90. The average Bonchev–Trinajstić information content (AvgIpc) is 2.63. The molecular formula is C9H13N3O2S. The normalized spacial score (nSPS) is 10.1. The highest BCUT2D eigenvalue weighted by Gasteiger charge is 2.18. The number of hydrogen-bond donors (Lipinski definition) is 3. The van der Waals surface area contributed by atoms with E-state index in [0.717, 1.165) is 0 Å². The number of amides is 2. The number of hydrogen-bond acceptors (Lipinski definition) is 4. The van der Waals surface area contributed by atoms with Crippen LogP contribution in [-0.4, -0.2) is 17.9 Å². The van der Waals surface area contributed by atoms with E-state index in [1.165, 1.54) is 11.3 Å². The molecule has 1 aromatic heterocycles. The molecule has 0 bridgehead atoms. The van der Waals surface area contributed by atoms with Gasteiger partial charge in [0.25, 0.3) is 11.8 Å². The number of nitrogens with two attached hydrogens (primary N) is 1. The number of nitrogens with one attached hydrogen (secondary N) is 2. The summed E-state index contributed by atoms with van der Waals surface area (Å²) in [5, 5.41) is 4.40. The Morgan fingerprint density at radius 3 is 2.60 bits per heavy atom. The van der Waals surface area contributed by atoms with Gasteiger partial charge in [-0.3, -0.25) is 15.0 Å². The molecule has 82 valence electrons. The molecule has 0 unspecified atom stereocenters. The van der Waals surface area contributed by atoms with Crippen molar-refractivity contribution in [2.24, 2.45) is 5.84 Å². The standard InChI is InChI=1S/C9H13N3O2S/c1-5(2)11-9(14)7-6(3-4-15-7)8(13)12-10/h3-5H,10H2,1-2H3,(H,11,14)(H,12,13). The van der Waals surface area contributed by atoms with Crippen molar-refractivity contribution in [3.63, 3.8) is 0 Å². The Labute approximate surface area is 91.6 Å². The number of hydrazine groups is 1. The van der Waals surface area contributed by atoms with E-state index in [1.54, 1.807) is 11.4 Å². The van der Waals surface area contributed by atoms with Crippen molar-refractivity contribution in [2.75, 3.05) is 0 Å². The van der Waals surface area contributed by atoms with Gasteiger partial charge in [-0.15, -0.1) is 11.3 Å². The van der Waals surface area contributed by atoms with E-state index >= 15 is 0 Å². The molecule has 0 fully saturated rings. The van der Waals surface area contributed by atoms with Gasteiger partial charge in [-0.05, 0) is 25.3 Å². The van der Waals surface area contributed by atoms with Gasteiger partial charge in [0.05, 0.1) is 5.56 Å². The first-order chi connectivity index (χ1) is 7.06. The summed E-state index contributed by atoms with van der Waals surface area (Å²) in [6.45, 7) is 3.71. The number of carbonyl (C=O) groups is 2. The minimum atomic E-state index is -0.454. The van der Waals surface area contributed by atoms with Gasteiger partial charge < -0.3 is 5.32 Å². The van der Waals surface area contributed by atoms with Crippen LogP contribution in [0.2, 0.25) is 0 Å². The monoisotopic (exact) mass is 227 g/mol. The van der Waals surface area contributed by atoms with E-state index in [-0.39, 0.29) is 11.9 Å². The molecule has 15 heavy (non-hydrogen) atoms. The molecule has 1 rings (SSSR count). The second kappa shape index (κ2) is 4.90. The molecule has 0 aromatic carbocycles.